The SMILES string of the molecule is CCC(CC(=O)N(C)Cc1cc(C(=O)O)c(C)o1)c1ccc(OC)cc1. The number of carbonyl (C=O) groups is 2. The van der Waals surface area contributed by atoms with E-state index in [9.17, 15) is 9.59 Å². The Morgan fingerprint density at radius 1 is 1.27 bits per heavy atom. The van der Waals surface area contributed by atoms with Gasteiger partial charge in [-0.2, -0.15) is 0 Å². The van der Waals surface area contributed by atoms with Gasteiger partial charge < -0.3 is 19.2 Å². The van der Waals surface area contributed by atoms with Crippen LogP contribution >= 0.6 is 0 Å². The predicted octanol–water partition coefficient (Wildman–Crippen LogP) is 3.84. The number of aryl methyl sites for hydroxylation is 1. The summed E-state index contributed by atoms with van der Waals surface area (Å²) < 4.78 is 10.6. The summed E-state index contributed by atoms with van der Waals surface area (Å²) in [6.07, 6.45) is 1.22. The van der Waals surface area contributed by atoms with Gasteiger partial charge in [-0.05, 0) is 43.0 Å². The highest BCUT2D eigenvalue weighted by Gasteiger charge is 2.20. The van der Waals surface area contributed by atoms with E-state index in [0.717, 1.165) is 17.7 Å². The molecule has 0 aliphatic rings. The molecule has 1 N–H and O–H groups in total. The first-order chi connectivity index (χ1) is 12.3. The van der Waals surface area contributed by atoms with Gasteiger partial charge in [0, 0.05) is 13.5 Å². The third-order valence-corrected chi connectivity index (χ3v) is 4.52. The maximum atomic E-state index is 12.6. The zero-order valence-electron chi connectivity index (χ0n) is 15.6. The number of nitrogens with zero attached hydrogens (tertiary/aromatic N) is 1. The van der Waals surface area contributed by atoms with Gasteiger partial charge in [0.25, 0.3) is 0 Å². The Hall–Kier alpha value is -2.76. The summed E-state index contributed by atoms with van der Waals surface area (Å²) >= 11 is 0. The Balaban J connectivity index is 2.02. The van der Waals surface area contributed by atoms with Gasteiger partial charge in [0.05, 0.1) is 13.7 Å². The lowest BCUT2D eigenvalue weighted by molar-refractivity contribution is -0.131. The van der Waals surface area contributed by atoms with E-state index in [1.54, 1.807) is 26.0 Å². The minimum absolute atomic E-state index is 0.0152. The highest BCUT2D eigenvalue weighted by Crippen LogP contribution is 2.26. The number of benzene rings is 1. The fourth-order valence-electron chi connectivity index (χ4n) is 2.90. The standard InChI is InChI=1S/C20H25NO5/c1-5-14(15-6-8-16(25-4)9-7-15)10-19(22)21(3)12-17-11-18(20(23)24)13(2)26-17/h6-9,11,14H,5,10,12H2,1-4H3,(H,23,24). The number of carboxylic acids is 1. The zero-order chi connectivity index (χ0) is 19.3. The Bertz CT molecular complexity index is 763. The lowest BCUT2D eigenvalue weighted by Crippen LogP contribution is -2.27. The number of ether oxygens (including phenoxy) is 1. The minimum Gasteiger partial charge on any atom is -0.497 e. The summed E-state index contributed by atoms with van der Waals surface area (Å²) in [5.74, 6) is 0.667. The van der Waals surface area contributed by atoms with Gasteiger partial charge in [0.15, 0.2) is 0 Å². The van der Waals surface area contributed by atoms with Crippen molar-refractivity contribution in [1.82, 2.24) is 4.90 Å². The van der Waals surface area contributed by atoms with Crippen molar-refractivity contribution in [2.45, 2.75) is 39.2 Å². The molecule has 0 spiro atoms. The molecule has 2 rings (SSSR count). The zero-order valence-corrected chi connectivity index (χ0v) is 15.6. The molecule has 0 radical (unpaired) electrons. The molecule has 0 bridgehead atoms. The normalized spacial score (nSPS) is 11.8. The van der Waals surface area contributed by atoms with Crippen molar-refractivity contribution >= 4 is 11.9 Å². The molecule has 2 aromatic rings. The first kappa shape index (κ1) is 19.6. The number of furan rings is 1. The monoisotopic (exact) mass is 359 g/mol. The van der Waals surface area contributed by atoms with Crippen LogP contribution in [0, 0.1) is 6.92 Å². The number of rotatable bonds is 8. The van der Waals surface area contributed by atoms with Crippen LogP contribution in [0.1, 0.15) is 53.1 Å². The van der Waals surface area contributed by atoms with Crippen molar-refractivity contribution < 1.29 is 23.8 Å². The molecule has 26 heavy (non-hydrogen) atoms. The fraction of sp³-hybridized carbons (Fsp3) is 0.400. The summed E-state index contributed by atoms with van der Waals surface area (Å²) in [6, 6.07) is 9.23. The van der Waals surface area contributed by atoms with E-state index in [0.29, 0.717) is 17.9 Å². The average molecular weight is 359 g/mol. The van der Waals surface area contributed by atoms with Crippen LogP contribution in [-0.4, -0.2) is 36.0 Å². The molecule has 0 saturated carbocycles. The molecule has 1 aromatic carbocycles. The molecule has 0 aliphatic carbocycles. The van der Waals surface area contributed by atoms with Crippen molar-refractivity contribution in [3.05, 3.63) is 53.0 Å². The van der Waals surface area contributed by atoms with E-state index in [1.165, 1.54) is 6.07 Å². The molecule has 6 nitrogen and oxygen atoms in total. The Morgan fingerprint density at radius 3 is 2.42 bits per heavy atom. The minimum atomic E-state index is -1.03. The molecular formula is C20H25NO5. The van der Waals surface area contributed by atoms with Crippen LogP contribution in [0.15, 0.2) is 34.7 Å². The van der Waals surface area contributed by atoms with Crippen molar-refractivity contribution in [3.63, 3.8) is 0 Å². The molecule has 1 atom stereocenters. The van der Waals surface area contributed by atoms with Gasteiger partial charge in [0.1, 0.15) is 22.8 Å². The lowest BCUT2D eigenvalue weighted by atomic mass is 9.92. The van der Waals surface area contributed by atoms with Crippen molar-refractivity contribution in [2.24, 2.45) is 0 Å². The maximum Gasteiger partial charge on any atom is 0.339 e. The first-order valence-electron chi connectivity index (χ1n) is 8.56. The van der Waals surface area contributed by atoms with E-state index in [1.807, 2.05) is 24.3 Å². The molecule has 0 saturated heterocycles. The third kappa shape index (κ3) is 4.65. The number of hydrogen-bond donors (Lipinski definition) is 1. The van der Waals surface area contributed by atoms with E-state index < -0.39 is 5.97 Å². The summed E-state index contributed by atoms with van der Waals surface area (Å²) in [6.45, 7) is 3.90. The molecule has 1 unspecified atom stereocenters. The van der Waals surface area contributed by atoms with E-state index in [4.69, 9.17) is 14.3 Å². The van der Waals surface area contributed by atoms with Gasteiger partial charge in [-0.15, -0.1) is 0 Å². The summed E-state index contributed by atoms with van der Waals surface area (Å²) in [5, 5.41) is 9.09. The smallest absolute Gasteiger partial charge is 0.339 e. The van der Waals surface area contributed by atoms with Crippen LogP contribution in [0.2, 0.25) is 0 Å². The molecule has 140 valence electrons. The molecule has 6 heteroatoms. The van der Waals surface area contributed by atoms with E-state index >= 15 is 0 Å². The van der Waals surface area contributed by atoms with Gasteiger partial charge in [-0.1, -0.05) is 19.1 Å². The van der Waals surface area contributed by atoms with Crippen molar-refractivity contribution in [3.8, 4) is 5.75 Å². The maximum absolute atomic E-state index is 12.6. The largest absolute Gasteiger partial charge is 0.497 e. The predicted molar refractivity (Wildman–Crippen MR) is 97.5 cm³/mol. The lowest BCUT2D eigenvalue weighted by Gasteiger charge is -2.20. The van der Waals surface area contributed by atoms with Crippen LogP contribution in [0.3, 0.4) is 0 Å². The second-order valence-electron chi connectivity index (χ2n) is 6.32. The quantitative estimate of drug-likeness (QED) is 0.775. The van der Waals surface area contributed by atoms with E-state index in [2.05, 4.69) is 6.92 Å². The topological polar surface area (TPSA) is 80.0 Å². The summed E-state index contributed by atoms with van der Waals surface area (Å²) in [4.78, 5) is 25.2. The first-order valence-corrected chi connectivity index (χ1v) is 8.56. The number of aromatic carboxylic acids is 1. The molecular weight excluding hydrogens is 334 g/mol. The number of amides is 1. The Labute approximate surface area is 153 Å². The Morgan fingerprint density at radius 2 is 1.92 bits per heavy atom. The van der Waals surface area contributed by atoms with Gasteiger partial charge >= 0.3 is 5.97 Å². The van der Waals surface area contributed by atoms with Crippen molar-refractivity contribution in [1.29, 1.82) is 0 Å². The summed E-state index contributed by atoms with van der Waals surface area (Å²) in [7, 11) is 3.32. The second-order valence-corrected chi connectivity index (χ2v) is 6.32. The number of hydrogen-bond acceptors (Lipinski definition) is 4. The fourth-order valence-corrected chi connectivity index (χ4v) is 2.90. The van der Waals surface area contributed by atoms with Crippen molar-refractivity contribution in [2.75, 3.05) is 14.2 Å². The molecule has 1 amide bonds. The van der Waals surface area contributed by atoms with Gasteiger partial charge in [-0.3, -0.25) is 4.79 Å². The van der Waals surface area contributed by atoms with Crippen LogP contribution < -0.4 is 4.74 Å². The molecule has 1 aromatic heterocycles. The molecule has 0 aliphatic heterocycles. The second kappa shape index (κ2) is 8.56. The summed E-state index contributed by atoms with van der Waals surface area (Å²) in [5.41, 5.74) is 1.22. The molecule has 1 heterocycles. The van der Waals surface area contributed by atoms with Crippen LogP contribution in [0.25, 0.3) is 0 Å². The van der Waals surface area contributed by atoms with Gasteiger partial charge in [0.2, 0.25) is 5.91 Å². The number of carboxylic acid groups (broad SMARTS) is 1. The number of methoxy groups -OCH3 is 1. The number of carbonyl (C=O) groups excluding carboxylic acids is 1. The molecule has 0 fully saturated rings. The van der Waals surface area contributed by atoms with Gasteiger partial charge in [-0.25, -0.2) is 4.79 Å². The highest BCUT2D eigenvalue weighted by atomic mass is 16.5. The average Bonchev–Trinajstić information content (AvgIpc) is 3.00. The third-order valence-electron chi connectivity index (χ3n) is 4.52. The Kier molecular flexibility index (Phi) is 6.44. The van der Waals surface area contributed by atoms with Crippen LogP contribution in [-0.2, 0) is 11.3 Å². The highest BCUT2D eigenvalue weighted by molar-refractivity contribution is 5.88. The van der Waals surface area contributed by atoms with Crippen LogP contribution in [0.5, 0.6) is 5.75 Å². The van der Waals surface area contributed by atoms with E-state index in [-0.39, 0.29) is 23.9 Å². The van der Waals surface area contributed by atoms with Crippen LogP contribution in [0.4, 0.5) is 0 Å².